The zero-order valence-corrected chi connectivity index (χ0v) is 12.1. The molecule has 0 aliphatic rings. The van der Waals surface area contributed by atoms with Crippen molar-refractivity contribution in [2.45, 2.75) is 46.1 Å². The monoisotopic (exact) mass is 258 g/mol. The van der Waals surface area contributed by atoms with Crippen molar-refractivity contribution in [2.24, 2.45) is 0 Å². The quantitative estimate of drug-likeness (QED) is 0.857. The van der Waals surface area contributed by atoms with E-state index in [0.29, 0.717) is 12.0 Å². The van der Waals surface area contributed by atoms with Gasteiger partial charge >= 0.3 is 0 Å². The molecule has 1 aromatic carbocycles. The van der Waals surface area contributed by atoms with Gasteiger partial charge in [-0.25, -0.2) is 0 Å². The predicted molar refractivity (Wildman–Crippen MR) is 78.1 cm³/mol. The van der Waals surface area contributed by atoms with Crippen molar-refractivity contribution in [3.05, 3.63) is 41.5 Å². The predicted octanol–water partition coefficient (Wildman–Crippen LogP) is 3.10. The van der Waals surface area contributed by atoms with Gasteiger partial charge in [0.05, 0.1) is 0 Å². The molecule has 1 heterocycles. The molecule has 0 bridgehead atoms. The highest BCUT2D eigenvalue weighted by Crippen LogP contribution is 2.22. The molecule has 19 heavy (non-hydrogen) atoms. The van der Waals surface area contributed by atoms with Gasteiger partial charge in [0.2, 0.25) is 0 Å². The Bertz CT molecular complexity index is 540. The Balaban J connectivity index is 2.19. The van der Waals surface area contributed by atoms with Gasteiger partial charge in [-0.1, -0.05) is 19.1 Å². The van der Waals surface area contributed by atoms with Crippen molar-refractivity contribution in [2.75, 3.05) is 5.73 Å². The van der Waals surface area contributed by atoms with Gasteiger partial charge in [-0.3, -0.25) is 0 Å². The van der Waals surface area contributed by atoms with Crippen molar-refractivity contribution < 1.29 is 0 Å². The lowest BCUT2D eigenvalue weighted by molar-refractivity contribution is 0.540. The summed E-state index contributed by atoms with van der Waals surface area (Å²) >= 11 is 0. The molecule has 102 valence electrons. The van der Waals surface area contributed by atoms with Crippen LogP contribution in [-0.4, -0.2) is 14.8 Å². The molecular formula is C15H22N4. The Morgan fingerprint density at radius 1 is 1.11 bits per heavy atom. The molecule has 2 N–H and O–H groups in total. The van der Waals surface area contributed by atoms with Crippen LogP contribution in [0.4, 0.5) is 5.69 Å². The number of hydrogen-bond donors (Lipinski definition) is 1. The van der Waals surface area contributed by atoms with Crippen molar-refractivity contribution in [1.82, 2.24) is 14.8 Å². The van der Waals surface area contributed by atoms with E-state index in [-0.39, 0.29) is 0 Å². The standard InChI is InChI=1S/C15H22N4/c1-10(2)19-12(4)17-18-15(19)9-11(3)13-5-7-14(16)8-6-13/h5-8,10-11H,9,16H2,1-4H3. The summed E-state index contributed by atoms with van der Waals surface area (Å²) in [4.78, 5) is 0. The minimum Gasteiger partial charge on any atom is -0.399 e. The molecule has 0 amide bonds. The van der Waals surface area contributed by atoms with E-state index in [4.69, 9.17) is 5.73 Å². The Morgan fingerprint density at radius 2 is 1.74 bits per heavy atom. The number of aromatic nitrogens is 3. The Kier molecular flexibility index (Phi) is 3.88. The number of nitrogens with zero attached hydrogens (tertiary/aromatic N) is 3. The summed E-state index contributed by atoms with van der Waals surface area (Å²) in [7, 11) is 0. The van der Waals surface area contributed by atoms with Crippen LogP contribution < -0.4 is 5.73 Å². The maximum atomic E-state index is 5.72. The maximum Gasteiger partial charge on any atom is 0.133 e. The summed E-state index contributed by atoms with van der Waals surface area (Å²) in [5.74, 6) is 2.44. The highest BCUT2D eigenvalue weighted by molar-refractivity contribution is 5.40. The molecule has 4 heteroatoms. The minimum absolute atomic E-state index is 0.392. The molecule has 1 atom stereocenters. The number of nitrogens with two attached hydrogens (primary N) is 1. The zero-order chi connectivity index (χ0) is 14.0. The van der Waals surface area contributed by atoms with Crippen LogP contribution in [0.3, 0.4) is 0 Å². The van der Waals surface area contributed by atoms with E-state index in [0.717, 1.165) is 23.8 Å². The Morgan fingerprint density at radius 3 is 2.32 bits per heavy atom. The lowest BCUT2D eigenvalue weighted by Gasteiger charge is -2.16. The lowest BCUT2D eigenvalue weighted by Crippen LogP contribution is -2.11. The molecule has 0 radical (unpaired) electrons. The summed E-state index contributed by atoms with van der Waals surface area (Å²) in [5.41, 5.74) is 7.81. The van der Waals surface area contributed by atoms with Crippen LogP contribution in [0.2, 0.25) is 0 Å². The van der Waals surface area contributed by atoms with Crippen LogP contribution in [0.1, 0.15) is 49.9 Å². The third-order valence-electron chi connectivity index (χ3n) is 3.45. The summed E-state index contributed by atoms with van der Waals surface area (Å²) in [6.45, 7) is 8.53. The van der Waals surface area contributed by atoms with Gasteiger partial charge in [0.25, 0.3) is 0 Å². The summed E-state index contributed by atoms with van der Waals surface area (Å²) in [5, 5.41) is 8.50. The van der Waals surface area contributed by atoms with Crippen LogP contribution in [-0.2, 0) is 6.42 Å². The van der Waals surface area contributed by atoms with Crippen LogP contribution >= 0.6 is 0 Å². The minimum atomic E-state index is 0.392. The van der Waals surface area contributed by atoms with E-state index in [1.54, 1.807) is 0 Å². The first-order valence-electron chi connectivity index (χ1n) is 6.75. The van der Waals surface area contributed by atoms with Crippen molar-refractivity contribution in [1.29, 1.82) is 0 Å². The van der Waals surface area contributed by atoms with Gasteiger partial charge in [-0.15, -0.1) is 10.2 Å². The molecule has 0 saturated heterocycles. The maximum absolute atomic E-state index is 5.72. The molecule has 1 unspecified atom stereocenters. The number of nitrogen functional groups attached to an aromatic ring is 1. The first-order valence-corrected chi connectivity index (χ1v) is 6.75. The van der Waals surface area contributed by atoms with Crippen molar-refractivity contribution in [3.8, 4) is 0 Å². The fourth-order valence-corrected chi connectivity index (χ4v) is 2.44. The van der Waals surface area contributed by atoms with E-state index < -0.39 is 0 Å². The Hall–Kier alpha value is -1.84. The van der Waals surface area contributed by atoms with Gasteiger partial charge in [0, 0.05) is 18.2 Å². The number of benzene rings is 1. The SMILES string of the molecule is Cc1nnc(CC(C)c2ccc(N)cc2)n1C(C)C. The van der Waals surface area contributed by atoms with Gasteiger partial charge in [0.15, 0.2) is 0 Å². The van der Waals surface area contributed by atoms with E-state index in [2.05, 4.69) is 47.7 Å². The lowest BCUT2D eigenvalue weighted by atomic mass is 9.97. The molecular weight excluding hydrogens is 236 g/mol. The largest absolute Gasteiger partial charge is 0.399 e. The Labute approximate surface area is 114 Å². The van der Waals surface area contributed by atoms with E-state index in [9.17, 15) is 0 Å². The molecule has 0 aliphatic carbocycles. The second-order valence-corrected chi connectivity index (χ2v) is 5.40. The van der Waals surface area contributed by atoms with E-state index in [1.807, 2.05) is 19.1 Å². The van der Waals surface area contributed by atoms with Crippen LogP contribution in [0.25, 0.3) is 0 Å². The van der Waals surface area contributed by atoms with Gasteiger partial charge in [-0.05, 0) is 44.4 Å². The molecule has 0 fully saturated rings. The summed E-state index contributed by atoms with van der Waals surface area (Å²) in [6.07, 6.45) is 0.892. The van der Waals surface area contributed by atoms with Gasteiger partial charge < -0.3 is 10.3 Å². The first kappa shape index (κ1) is 13.6. The highest BCUT2D eigenvalue weighted by atomic mass is 15.3. The number of hydrogen-bond acceptors (Lipinski definition) is 3. The molecule has 0 saturated carbocycles. The summed E-state index contributed by atoms with van der Waals surface area (Å²) < 4.78 is 2.20. The average Bonchev–Trinajstić information content (AvgIpc) is 2.71. The number of rotatable bonds is 4. The van der Waals surface area contributed by atoms with Crippen molar-refractivity contribution >= 4 is 5.69 Å². The average molecular weight is 258 g/mol. The van der Waals surface area contributed by atoms with Crippen LogP contribution in [0.15, 0.2) is 24.3 Å². The van der Waals surface area contributed by atoms with Gasteiger partial charge in [-0.2, -0.15) is 0 Å². The molecule has 0 spiro atoms. The fourth-order valence-electron chi connectivity index (χ4n) is 2.44. The normalized spacial score (nSPS) is 12.9. The highest BCUT2D eigenvalue weighted by Gasteiger charge is 2.15. The van der Waals surface area contributed by atoms with E-state index in [1.165, 1.54) is 5.56 Å². The van der Waals surface area contributed by atoms with Gasteiger partial charge in [0.1, 0.15) is 11.6 Å². The van der Waals surface area contributed by atoms with Crippen LogP contribution in [0.5, 0.6) is 0 Å². The first-order chi connectivity index (χ1) is 8.99. The number of aryl methyl sites for hydroxylation is 1. The second kappa shape index (κ2) is 5.43. The zero-order valence-electron chi connectivity index (χ0n) is 12.1. The summed E-state index contributed by atoms with van der Waals surface area (Å²) in [6, 6.07) is 8.46. The molecule has 2 aromatic rings. The number of anilines is 1. The topological polar surface area (TPSA) is 56.7 Å². The van der Waals surface area contributed by atoms with Crippen LogP contribution in [0, 0.1) is 6.92 Å². The molecule has 1 aromatic heterocycles. The molecule has 4 nitrogen and oxygen atoms in total. The smallest absolute Gasteiger partial charge is 0.133 e. The second-order valence-electron chi connectivity index (χ2n) is 5.40. The third kappa shape index (κ3) is 2.95. The molecule has 0 aliphatic heterocycles. The molecule has 2 rings (SSSR count). The van der Waals surface area contributed by atoms with E-state index >= 15 is 0 Å². The third-order valence-corrected chi connectivity index (χ3v) is 3.45. The fraction of sp³-hybridized carbons (Fsp3) is 0.467. The van der Waals surface area contributed by atoms with Crippen molar-refractivity contribution in [3.63, 3.8) is 0 Å².